The lowest BCUT2D eigenvalue weighted by Crippen LogP contribution is -2.38. The van der Waals surface area contributed by atoms with Gasteiger partial charge in [-0.05, 0) is 42.4 Å². The molecule has 0 aromatic heterocycles. The van der Waals surface area contributed by atoms with Gasteiger partial charge in [0.2, 0.25) is 5.91 Å². The molecule has 0 unspecified atom stereocenters. The summed E-state index contributed by atoms with van der Waals surface area (Å²) in [6.07, 6.45) is 3.43. The first-order chi connectivity index (χ1) is 9.11. The number of aliphatic hydroxyl groups is 1. The van der Waals surface area contributed by atoms with E-state index in [1.54, 1.807) is 18.2 Å². The predicted molar refractivity (Wildman–Crippen MR) is 75.9 cm³/mol. The zero-order valence-corrected chi connectivity index (χ0v) is 11.0. The van der Waals surface area contributed by atoms with Crippen LogP contribution < -0.4 is 10.6 Å². The van der Waals surface area contributed by atoms with Crippen molar-refractivity contribution in [2.45, 2.75) is 6.42 Å². The van der Waals surface area contributed by atoms with E-state index in [2.05, 4.69) is 10.6 Å². The van der Waals surface area contributed by atoms with Crippen LogP contribution >= 0.6 is 12.2 Å². The van der Waals surface area contributed by atoms with E-state index in [0.29, 0.717) is 13.0 Å². The predicted octanol–water partition coefficient (Wildman–Crippen LogP) is 1.21. The lowest BCUT2D eigenvalue weighted by molar-refractivity contribution is -0.115. The van der Waals surface area contributed by atoms with Crippen molar-refractivity contribution >= 4 is 29.3 Å². The van der Waals surface area contributed by atoms with Gasteiger partial charge in [-0.25, -0.2) is 4.39 Å². The molecule has 0 fully saturated rings. The molecule has 0 heterocycles. The lowest BCUT2D eigenvalue weighted by atomic mass is 10.2. The van der Waals surface area contributed by atoms with Crippen LogP contribution in [-0.4, -0.2) is 29.3 Å². The molecule has 1 amide bonds. The molecule has 0 atom stereocenters. The summed E-state index contributed by atoms with van der Waals surface area (Å²) in [4.78, 5) is 11.5. The molecule has 3 N–H and O–H groups in total. The fraction of sp³-hybridized carbons (Fsp3) is 0.231. The number of nitrogens with one attached hydrogen (secondary N) is 2. The van der Waals surface area contributed by atoms with Crippen molar-refractivity contribution in [1.29, 1.82) is 0 Å². The van der Waals surface area contributed by atoms with Gasteiger partial charge in [0.1, 0.15) is 5.82 Å². The van der Waals surface area contributed by atoms with Crippen molar-refractivity contribution in [3.63, 3.8) is 0 Å². The van der Waals surface area contributed by atoms with E-state index in [1.165, 1.54) is 18.2 Å². The molecular weight excluding hydrogens is 267 g/mol. The summed E-state index contributed by atoms with van der Waals surface area (Å²) >= 11 is 4.88. The van der Waals surface area contributed by atoms with E-state index in [1.807, 2.05) is 0 Å². The molecule has 1 aromatic rings. The van der Waals surface area contributed by atoms with E-state index in [-0.39, 0.29) is 23.4 Å². The SMILES string of the molecule is O=C(/C=C/c1ccc(F)cc1)NC(=S)NCCCO. The molecule has 0 radical (unpaired) electrons. The van der Waals surface area contributed by atoms with E-state index < -0.39 is 0 Å². The third-order valence-corrected chi connectivity index (χ3v) is 2.40. The summed E-state index contributed by atoms with van der Waals surface area (Å²) in [7, 11) is 0. The van der Waals surface area contributed by atoms with Crippen molar-refractivity contribution < 1.29 is 14.3 Å². The number of benzene rings is 1. The minimum atomic E-state index is -0.370. The van der Waals surface area contributed by atoms with Gasteiger partial charge in [0.25, 0.3) is 0 Å². The van der Waals surface area contributed by atoms with Gasteiger partial charge in [-0.1, -0.05) is 12.1 Å². The lowest BCUT2D eigenvalue weighted by Gasteiger charge is -2.06. The van der Waals surface area contributed by atoms with E-state index >= 15 is 0 Å². The summed E-state index contributed by atoms with van der Waals surface area (Å²) < 4.78 is 12.7. The second-order valence-electron chi connectivity index (χ2n) is 3.71. The van der Waals surface area contributed by atoms with Crippen LogP contribution in [0.3, 0.4) is 0 Å². The van der Waals surface area contributed by atoms with Gasteiger partial charge in [-0.15, -0.1) is 0 Å². The Balaban J connectivity index is 2.38. The molecule has 102 valence electrons. The minimum Gasteiger partial charge on any atom is -0.396 e. The van der Waals surface area contributed by atoms with Gasteiger partial charge in [-0.2, -0.15) is 0 Å². The first-order valence-electron chi connectivity index (χ1n) is 5.75. The van der Waals surface area contributed by atoms with Crippen LogP contribution in [0.5, 0.6) is 0 Å². The highest BCUT2D eigenvalue weighted by Crippen LogP contribution is 2.04. The van der Waals surface area contributed by atoms with Crippen molar-refractivity contribution in [3.05, 3.63) is 41.7 Å². The minimum absolute atomic E-state index is 0.0635. The quantitative estimate of drug-likeness (QED) is 0.432. The van der Waals surface area contributed by atoms with Crippen LogP contribution in [0.4, 0.5) is 4.39 Å². The highest BCUT2D eigenvalue weighted by Gasteiger charge is 1.99. The van der Waals surface area contributed by atoms with Crippen LogP contribution in [0, 0.1) is 5.82 Å². The molecule has 6 heteroatoms. The number of rotatable bonds is 5. The second-order valence-corrected chi connectivity index (χ2v) is 4.12. The Morgan fingerprint density at radius 1 is 1.37 bits per heavy atom. The topological polar surface area (TPSA) is 61.4 Å². The third kappa shape index (κ3) is 6.64. The summed E-state index contributed by atoms with van der Waals surface area (Å²) in [5.74, 6) is -0.693. The van der Waals surface area contributed by atoms with Gasteiger partial charge < -0.3 is 10.4 Å². The van der Waals surface area contributed by atoms with Crippen LogP contribution in [0.2, 0.25) is 0 Å². The Hall–Kier alpha value is -1.79. The van der Waals surface area contributed by atoms with E-state index in [4.69, 9.17) is 17.3 Å². The summed E-state index contributed by atoms with van der Waals surface area (Å²) in [5.41, 5.74) is 0.718. The number of hydrogen-bond acceptors (Lipinski definition) is 3. The molecule has 19 heavy (non-hydrogen) atoms. The van der Waals surface area contributed by atoms with Crippen molar-refractivity contribution in [3.8, 4) is 0 Å². The van der Waals surface area contributed by atoms with Gasteiger partial charge in [0, 0.05) is 19.2 Å². The molecule has 0 aliphatic carbocycles. The first kappa shape index (κ1) is 15.3. The fourth-order valence-electron chi connectivity index (χ4n) is 1.22. The number of aliphatic hydroxyl groups excluding tert-OH is 1. The molecule has 0 aliphatic rings. The average Bonchev–Trinajstić information content (AvgIpc) is 2.38. The average molecular weight is 282 g/mol. The van der Waals surface area contributed by atoms with E-state index in [9.17, 15) is 9.18 Å². The highest BCUT2D eigenvalue weighted by molar-refractivity contribution is 7.80. The fourth-order valence-corrected chi connectivity index (χ4v) is 1.43. The Kier molecular flexibility index (Phi) is 6.70. The molecule has 1 aromatic carbocycles. The summed E-state index contributed by atoms with van der Waals surface area (Å²) in [6, 6.07) is 5.77. The van der Waals surface area contributed by atoms with Crippen molar-refractivity contribution in [2.75, 3.05) is 13.2 Å². The van der Waals surface area contributed by atoms with Gasteiger partial charge in [-0.3, -0.25) is 10.1 Å². The van der Waals surface area contributed by atoms with Gasteiger partial charge >= 0.3 is 0 Å². The largest absolute Gasteiger partial charge is 0.396 e. The molecule has 0 aliphatic heterocycles. The maximum Gasteiger partial charge on any atom is 0.250 e. The Bertz CT molecular complexity index is 460. The first-order valence-corrected chi connectivity index (χ1v) is 6.16. The third-order valence-electron chi connectivity index (χ3n) is 2.15. The van der Waals surface area contributed by atoms with Gasteiger partial charge in [0.05, 0.1) is 0 Å². The smallest absolute Gasteiger partial charge is 0.250 e. The Morgan fingerprint density at radius 2 is 2.05 bits per heavy atom. The molecule has 1 rings (SSSR count). The number of carbonyl (C=O) groups excluding carboxylic acids is 1. The monoisotopic (exact) mass is 282 g/mol. The number of halogens is 1. The molecule has 0 saturated carbocycles. The molecule has 0 spiro atoms. The normalized spacial score (nSPS) is 10.4. The molecule has 0 saturated heterocycles. The van der Waals surface area contributed by atoms with Crippen LogP contribution in [0.15, 0.2) is 30.3 Å². The zero-order chi connectivity index (χ0) is 14.1. The number of hydrogen-bond donors (Lipinski definition) is 3. The standard InChI is InChI=1S/C13H15FN2O2S/c14-11-5-2-10(3-6-11)4-7-12(18)16-13(19)15-8-1-9-17/h2-7,17H,1,8-9H2,(H2,15,16,18,19)/b7-4+. The van der Waals surface area contributed by atoms with Crippen molar-refractivity contribution in [1.82, 2.24) is 10.6 Å². The van der Waals surface area contributed by atoms with Crippen LogP contribution in [-0.2, 0) is 4.79 Å². The highest BCUT2D eigenvalue weighted by atomic mass is 32.1. The van der Waals surface area contributed by atoms with Crippen LogP contribution in [0.25, 0.3) is 6.08 Å². The molecule has 4 nitrogen and oxygen atoms in total. The maximum absolute atomic E-state index is 12.7. The maximum atomic E-state index is 12.7. The second kappa shape index (κ2) is 8.34. The van der Waals surface area contributed by atoms with Gasteiger partial charge in [0.15, 0.2) is 5.11 Å². The Morgan fingerprint density at radius 3 is 2.68 bits per heavy atom. The van der Waals surface area contributed by atoms with Crippen LogP contribution in [0.1, 0.15) is 12.0 Å². The zero-order valence-electron chi connectivity index (χ0n) is 10.2. The Labute approximate surface area is 116 Å². The van der Waals surface area contributed by atoms with Crippen molar-refractivity contribution in [2.24, 2.45) is 0 Å². The number of carbonyl (C=O) groups is 1. The summed E-state index contributed by atoms with van der Waals surface area (Å²) in [5, 5.41) is 14.0. The number of amides is 1. The van der Waals surface area contributed by atoms with E-state index in [0.717, 1.165) is 5.56 Å². The summed E-state index contributed by atoms with van der Waals surface area (Å²) in [6.45, 7) is 0.561. The molecule has 0 bridgehead atoms. The number of thiocarbonyl (C=S) groups is 1. The molecular formula is C13H15FN2O2S.